The van der Waals surface area contributed by atoms with Gasteiger partial charge in [0.15, 0.2) is 0 Å². The number of nitrogens with one attached hydrogen (secondary N) is 1. The first-order valence-corrected chi connectivity index (χ1v) is 8.02. The molecule has 0 spiro atoms. The fraction of sp³-hybridized carbons (Fsp3) is 0.294. The van der Waals surface area contributed by atoms with Gasteiger partial charge in [-0.05, 0) is 42.9 Å². The summed E-state index contributed by atoms with van der Waals surface area (Å²) in [6, 6.07) is 8.04. The van der Waals surface area contributed by atoms with Crippen molar-refractivity contribution in [1.82, 2.24) is 0 Å². The van der Waals surface area contributed by atoms with E-state index in [1.807, 2.05) is 0 Å². The van der Waals surface area contributed by atoms with Gasteiger partial charge in [0.1, 0.15) is 16.9 Å². The molecule has 1 aromatic heterocycles. The van der Waals surface area contributed by atoms with Crippen molar-refractivity contribution < 1.29 is 9.18 Å². The van der Waals surface area contributed by atoms with Crippen molar-refractivity contribution in [2.45, 2.75) is 26.2 Å². The lowest BCUT2D eigenvalue weighted by molar-refractivity contribution is 0.102. The zero-order chi connectivity index (χ0) is 15.7. The molecular weight excluding hydrogens is 299 g/mol. The van der Waals surface area contributed by atoms with E-state index in [0.717, 1.165) is 24.8 Å². The largest absolute Gasteiger partial charge is 0.312 e. The highest BCUT2D eigenvalue weighted by molar-refractivity contribution is 7.16. The van der Waals surface area contributed by atoms with E-state index in [0.29, 0.717) is 16.5 Å². The van der Waals surface area contributed by atoms with E-state index in [2.05, 4.69) is 18.3 Å². The number of carbonyl (C=O) groups is 1. The normalized spacial score (nSPS) is 16.7. The van der Waals surface area contributed by atoms with E-state index in [9.17, 15) is 14.4 Å². The van der Waals surface area contributed by atoms with Gasteiger partial charge in [-0.3, -0.25) is 4.79 Å². The zero-order valence-electron chi connectivity index (χ0n) is 12.1. The average molecular weight is 314 g/mol. The number of rotatable bonds is 2. The van der Waals surface area contributed by atoms with Gasteiger partial charge in [-0.1, -0.05) is 19.1 Å². The number of nitriles is 1. The van der Waals surface area contributed by atoms with Crippen LogP contribution in [-0.4, -0.2) is 5.91 Å². The molecule has 5 heteroatoms. The predicted octanol–water partition coefficient (Wildman–Crippen LogP) is 4.14. The van der Waals surface area contributed by atoms with E-state index < -0.39 is 11.7 Å². The molecule has 1 N–H and O–H groups in total. The van der Waals surface area contributed by atoms with Gasteiger partial charge < -0.3 is 5.32 Å². The first kappa shape index (κ1) is 14.7. The van der Waals surface area contributed by atoms with Crippen molar-refractivity contribution in [2.24, 2.45) is 5.92 Å². The lowest BCUT2D eigenvalue weighted by Crippen LogP contribution is -2.14. The van der Waals surface area contributed by atoms with Crippen LogP contribution in [0.5, 0.6) is 0 Å². The van der Waals surface area contributed by atoms with E-state index >= 15 is 0 Å². The van der Waals surface area contributed by atoms with Gasteiger partial charge in [0.05, 0.1) is 11.1 Å². The molecule has 112 valence electrons. The molecular formula is C17H15FN2OS. The van der Waals surface area contributed by atoms with Gasteiger partial charge in [-0.2, -0.15) is 5.26 Å². The number of anilines is 1. The summed E-state index contributed by atoms with van der Waals surface area (Å²) in [5.41, 5.74) is 1.58. The first-order valence-electron chi connectivity index (χ1n) is 7.20. The van der Waals surface area contributed by atoms with E-state index in [1.165, 1.54) is 34.4 Å². The number of halogens is 1. The number of carbonyl (C=O) groups excluding carboxylic acids is 1. The summed E-state index contributed by atoms with van der Waals surface area (Å²) in [6.07, 6.45) is 2.90. The Hall–Kier alpha value is -2.19. The van der Waals surface area contributed by atoms with Crippen molar-refractivity contribution in [2.75, 3.05) is 5.32 Å². The van der Waals surface area contributed by atoms with Crippen molar-refractivity contribution in [3.05, 3.63) is 51.7 Å². The smallest absolute Gasteiger partial charge is 0.259 e. The quantitative estimate of drug-likeness (QED) is 0.906. The van der Waals surface area contributed by atoms with Crippen LogP contribution in [0.25, 0.3) is 0 Å². The Bertz CT molecular complexity index is 775. The Morgan fingerprint density at radius 2 is 2.23 bits per heavy atom. The molecule has 3 rings (SSSR count). The molecule has 0 saturated carbocycles. The number of amides is 1. The molecule has 1 aliphatic rings. The number of nitrogens with zero attached hydrogens (tertiary/aromatic N) is 1. The van der Waals surface area contributed by atoms with Crippen LogP contribution in [-0.2, 0) is 12.8 Å². The Balaban J connectivity index is 1.92. The van der Waals surface area contributed by atoms with Crippen LogP contribution in [0.2, 0.25) is 0 Å². The molecule has 0 bridgehead atoms. The fourth-order valence-electron chi connectivity index (χ4n) is 2.78. The number of hydrogen-bond donors (Lipinski definition) is 1. The van der Waals surface area contributed by atoms with Crippen molar-refractivity contribution in [1.29, 1.82) is 5.26 Å². The Morgan fingerprint density at radius 1 is 1.45 bits per heavy atom. The molecule has 0 aliphatic heterocycles. The number of benzene rings is 1. The second-order valence-corrected chi connectivity index (χ2v) is 6.71. The van der Waals surface area contributed by atoms with Crippen LogP contribution in [0.3, 0.4) is 0 Å². The van der Waals surface area contributed by atoms with Gasteiger partial charge in [0, 0.05) is 4.88 Å². The minimum Gasteiger partial charge on any atom is -0.312 e. The molecule has 1 aromatic carbocycles. The lowest BCUT2D eigenvalue weighted by atomic mass is 9.88. The zero-order valence-corrected chi connectivity index (χ0v) is 13.0. The Kier molecular flexibility index (Phi) is 3.95. The molecule has 0 saturated heterocycles. The van der Waals surface area contributed by atoms with Crippen molar-refractivity contribution >= 4 is 22.2 Å². The van der Waals surface area contributed by atoms with Crippen molar-refractivity contribution in [3.8, 4) is 6.07 Å². The summed E-state index contributed by atoms with van der Waals surface area (Å²) in [5.74, 6) is -0.529. The summed E-state index contributed by atoms with van der Waals surface area (Å²) >= 11 is 1.44. The molecule has 1 heterocycles. The summed E-state index contributed by atoms with van der Waals surface area (Å²) in [4.78, 5) is 13.4. The lowest BCUT2D eigenvalue weighted by Gasteiger charge is -2.17. The number of fused-ring (bicyclic) bond motifs is 1. The first-order chi connectivity index (χ1) is 10.6. The third kappa shape index (κ3) is 2.62. The standard InChI is InChI=1S/C17H15FN2OS/c1-10-6-7-15-12(8-10)13(9-19)17(22-15)20-16(21)11-4-2-3-5-14(11)18/h2-5,10H,6-8H2,1H3,(H,20,21)/t10-/m0/s1. The van der Waals surface area contributed by atoms with Crippen LogP contribution < -0.4 is 5.32 Å². The Labute approximate surface area is 132 Å². The van der Waals surface area contributed by atoms with Crippen LogP contribution in [0, 0.1) is 23.1 Å². The third-order valence-electron chi connectivity index (χ3n) is 3.96. The van der Waals surface area contributed by atoms with Crippen LogP contribution in [0.4, 0.5) is 9.39 Å². The van der Waals surface area contributed by atoms with Gasteiger partial charge >= 0.3 is 0 Å². The van der Waals surface area contributed by atoms with Gasteiger partial charge in [0.2, 0.25) is 0 Å². The van der Waals surface area contributed by atoms with E-state index in [1.54, 1.807) is 6.07 Å². The maximum absolute atomic E-state index is 13.7. The minimum atomic E-state index is -0.562. The summed E-state index contributed by atoms with van der Waals surface area (Å²) in [6.45, 7) is 2.17. The van der Waals surface area contributed by atoms with Gasteiger partial charge in [0.25, 0.3) is 5.91 Å². The summed E-state index contributed by atoms with van der Waals surface area (Å²) in [7, 11) is 0. The summed E-state index contributed by atoms with van der Waals surface area (Å²) in [5, 5.41) is 12.7. The third-order valence-corrected chi connectivity index (χ3v) is 5.17. The molecule has 1 aliphatic carbocycles. The van der Waals surface area contributed by atoms with E-state index in [-0.39, 0.29) is 5.56 Å². The maximum Gasteiger partial charge on any atom is 0.259 e. The van der Waals surface area contributed by atoms with E-state index in [4.69, 9.17) is 0 Å². The highest BCUT2D eigenvalue weighted by atomic mass is 32.1. The Morgan fingerprint density at radius 3 is 2.95 bits per heavy atom. The molecule has 2 aromatic rings. The highest BCUT2D eigenvalue weighted by Gasteiger charge is 2.25. The second-order valence-electron chi connectivity index (χ2n) is 5.60. The van der Waals surface area contributed by atoms with Gasteiger partial charge in [-0.25, -0.2) is 4.39 Å². The predicted molar refractivity (Wildman–Crippen MR) is 84.6 cm³/mol. The SMILES string of the molecule is C[C@H]1CCc2sc(NC(=O)c3ccccc3F)c(C#N)c2C1. The number of aryl methyl sites for hydroxylation is 1. The average Bonchev–Trinajstić information content (AvgIpc) is 2.83. The molecule has 0 fully saturated rings. The fourth-order valence-corrected chi connectivity index (χ4v) is 3.97. The summed E-state index contributed by atoms with van der Waals surface area (Å²) < 4.78 is 13.7. The number of hydrogen-bond acceptors (Lipinski definition) is 3. The molecule has 1 amide bonds. The molecule has 22 heavy (non-hydrogen) atoms. The van der Waals surface area contributed by atoms with Gasteiger partial charge in [-0.15, -0.1) is 11.3 Å². The molecule has 3 nitrogen and oxygen atoms in total. The van der Waals surface area contributed by atoms with Crippen LogP contribution >= 0.6 is 11.3 Å². The molecule has 0 radical (unpaired) electrons. The maximum atomic E-state index is 13.7. The monoisotopic (exact) mass is 314 g/mol. The second kappa shape index (κ2) is 5.90. The number of thiophene rings is 1. The molecule has 0 unspecified atom stereocenters. The van der Waals surface area contributed by atoms with Crippen LogP contribution in [0.1, 0.15) is 39.7 Å². The van der Waals surface area contributed by atoms with Crippen LogP contribution in [0.15, 0.2) is 24.3 Å². The minimum absolute atomic E-state index is 0.00821. The van der Waals surface area contributed by atoms with Crippen molar-refractivity contribution in [3.63, 3.8) is 0 Å². The topological polar surface area (TPSA) is 52.9 Å². The highest BCUT2D eigenvalue weighted by Crippen LogP contribution is 2.39. The molecule has 1 atom stereocenters.